The minimum absolute atomic E-state index is 0.00531. The van der Waals surface area contributed by atoms with E-state index in [0.717, 1.165) is 0 Å². The standard InChI is InChI=1S/C13H22N5O5PS/c1-3-21-24(19,22-4-2)11-12(18-5-7-20-8-6-18)23-10(16-11)9-15-17-13(14)25/h9H,3-8H2,1-2H3,(H3,14,17,25)/b15-9+. The van der Waals surface area contributed by atoms with Gasteiger partial charge in [0.1, 0.15) is 6.21 Å². The van der Waals surface area contributed by atoms with Crippen molar-refractivity contribution >= 4 is 42.5 Å². The number of nitrogens with two attached hydrogens (primary N) is 1. The Kier molecular flexibility index (Phi) is 7.33. The van der Waals surface area contributed by atoms with Gasteiger partial charge in [-0.25, -0.2) is 0 Å². The van der Waals surface area contributed by atoms with Crippen molar-refractivity contribution < 1.29 is 22.8 Å². The maximum atomic E-state index is 13.1. The average molecular weight is 391 g/mol. The Morgan fingerprint density at radius 3 is 2.64 bits per heavy atom. The lowest BCUT2D eigenvalue weighted by Crippen LogP contribution is -2.38. The Labute approximate surface area is 151 Å². The van der Waals surface area contributed by atoms with Crippen LogP contribution in [-0.2, 0) is 18.3 Å². The molecule has 1 aliphatic heterocycles. The van der Waals surface area contributed by atoms with Gasteiger partial charge in [-0.1, -0.05) is 0 Å². The third kappa shape index (κ3) is 5.23. The van der Waals surface area contributed by atoms with Crippen LogP contribution in [0.1, 0.15) is 19.7 Å². The highest BCUT2D eigenvalue weighted by Gasteiger charge is 2.37. The molecule has 1 aromatic rings. The molecule has 1 saturated heterocycles. The molecular formula is C13H22N5O5PS. The number of nitrogens with zero attached hydrogens (tertiary/aromatic N) is 3. The highest BCUT2D eigenvalue weighted by molar-refractivity contribution is 7.80. The van der Waals surface area contributed by atoms with E-state index in [0.29, 0.717) is 32.2 Å². The fourth-order valence-electron chi connectivity index (χ4n) is 2.18. The van der Waals surface area contributed by atoms with Gasteiger partial charge >= 0.3 is 7.60 Å². The van der Waals surface area contributed by atoms with E-state index in [1.165, 1.54) is 6.21 Å². The largest absolute Gasteiger partial charge is 0.418 e. The van der Waals surface area contributed by atoms with E-state index in [2.05, 4.69) is 27.7 Å². The third-order valence-electron chi connectivity index (χ3n) is 3.11. The van der Waals surface area contributed by atoms with Crippen LogP contribution in [0.15, 0.2) is 9.52 Å². The fourth-order valence-corrected chi connectivity index (χ4v) is 3.87. The van der Waals surface area contributed by atoms with Crippen LogP contribution >= 0.6 is 19.8 Å². The highest BCUT2D eigenvalue weighted by atomic mass is 32.1. The van der Waals surface area contributed by atoms with Crippen molar-refractivity contribution in [2.45, 2.75) is 13.8 Å². The number of thiocarbonyl (C=S) groups is 1. The van der Waals surface area contributed by atoms with Gasteiger partial charge in [0.2, 0.25) is 17.2 Å². The first-order valence-corrected chi connectivity index (χ1v) is 9.77. The molecule has 0 saturated carbocycles. The van der Waals surface area contributed by atoms with Gasteiger partial charge in [0.05, 0.1) is 26.4 Å². The number of aromatic nitrogens is 1. The maximum absolute atomic E-state index is 13.1. The number of ether oxygens (including phenoxy) is 1. The molecular weight excluding hydrogens is 369 g/mol. The zero-order valence-corrected chi connectivity index (χ0v) is 15.8. The Balaban J connectivity index is 2.39. The third-order valence-corrected chi connectivity index (χ3v) is 5.21. The van der Waals surface area contributed by atoms with Crippen LogP contribution in [0.2, 0.25) is 0 Å². The molecule has 0 spiro atoms. The summed E-state index contributed by atoms with van der Waals surface area (Å²) < 4.78 is 35.0. The van der Waals surface area contributed by atoms with Crippen LogP contribution in [0.25, 0.3) is 0 Å². The molecule has 0 unspecified atom stereocenters. The van der Waals surface area contributed by atoms with Crippen LogP contribution in [0, 0.1) is 0 Å². The van der Waals surface area contributed by atoms with Crippen molar-refractivity contribution in [3.8, 4) is 0 Å². The second-order valence-corrected chi connectivity index (χ2v) is 7.22. The van der Waals surface area contributed by atoms with Crippen LogP contribution in [-0.4, -0.2) is 55.8 Å². The molecule has 0 atom stereocenters. The molecule has 10 nitrogen and oxygen atoms in total. The summed E-state index contributed by atoms with van der Waals surface area (Å²) >= 11 is 4.67. The van der Waals surface area contributed by atoms with Gasteiger partial charge < -0.3 is 28.8 Å². The molecule has 0 bridgehead atoms. The quantitative estimate of drug-likeness (QED) is 0.281. The van der Waals surface area contributed by atoms with Gasteiger partial charge in [-0.15, -0.1) is 0 Å². The topological polar surface area (TPSA) is 124 Å². The zero-order valence-electron chi connectivity index (χ0n) is 14.1. The molecule has 140 valence electrons. The molecule has 12 heteroatoms. The molecule has 0 aliphatic carbocycles. The SMILES string of the molecule is CCOP(=O)(OCC)c1nc(/C=N/NC(N)=S)oc1N1CCOCC1. The van der Waals surface area contributed by atoms with Gasteiger partial charge in [-0.2, -0.15) is 10.1 Å². The van der Waals surface area contributed by atoms with E-state index >= 15 is 0 Å². The fraction of sp³-hybridized carbons (Fsp3) is 0.615. The lowest BCUT2D eigenvalue weighted by molar-refractivity contribution is 0.120. The number of hydrazone groups is 1. The first kappa shape index (κ1) is 19.8. The summed E-state index contributed by atoms with van der Waals surface area (Å²) in [6.45, 7) is 6.08. The van der Waals surface area contributed by atoms with Crippen molar-refractivity contribution in [1.82, 2.24) is 10.4 Å². The number of rotatable bonds is 8. The number of morpholine rings is 1. The lowest BCUT2D eigenvalue weighted by atomic mass is 10.4. The number of hydrogen-bond donors (Lipinski definition) is 2. The van der Waals surface area contributed by atoms with E-state index in [1.54, 1.807) is 13.8 Å². The van der Waals surface area contributed by atoms with Crippen molar-refractivity contribution in [2.24, 2.45) is 10.8 Å². The van der Waals surface area contributed by atoms with Crippen LogP contribution in [0.5, 0.6) is 0 Å². The molecule has 0 radical (unpaired) electrons. The molecule has 3 N–H and O–H groups in total. The van der Waals surface area contributed by atoms with E-state index in [9.17, 15) is 4.57 Å². The summed E-state index contributed by atoms with van der Waals surface area (Å²) in [7, 11) is -3.63. The first-order chi connectivity index (χ1) is 12.0. The second-order valence-electron chi connectivity index (χ2n) is 4.85. The lowest BCUT2D eigenvalue weighted by Gasteiger charge is -2.27. The monoisotopic (exact) mass is 391 g/mol. The van der Waals surface area contributed by atoms with Crippen molar-refractivity contribution in [2.75, 3.05) is 44.4 Å². The molecule has 1 aliphatic rings. The van der Waals surface area contributed by atoms with E-state index in [4.69, 9.17) is 23.9 Å². The molecule has 2 heterocycles. The number of nitrogens with one attached hydrogen (secondary N) is 1. The number of oxazole rings is 1. The smallest absolute Gasteiger partial charge is 0.385 e. The molecule has 25 heavy (non-hydrogen) atoms. The predicted octanol–water partition coefficient (Wildman–Crippen LogP) is 0.570. The number of hydrogen-bond acceptors (Lipinski definition) is 9. The Morgan fingerprint density at radius 2 is 2.08 bits per heavy atom. The normalized spacial score (nSPS) is 15.7. The Morgan fingerprint density at radius 1 is 1.44 bits per heavy atom. The molecule has 0 aromatic carbocycles. The van der Waals surface area contributed by atoms with Crippen LogP contribution in [0.3, 0.4) is 0 Å². The Bertz CT molecular complexity index is 651. The van der Waals surface area contributed by atoms with Crippen molar-refractivity contribution in [3.05, 3.63) is 5.89 Å². The van der Waals surface area contributed by atoms with E-state index in [1.807, 2.05) is 4.90 Å². The highest BCUT2D eigenvalue weighted by Crippen LogP contribution is 2.49. The van der Waals surface area contributed by atoms with Gasteiger partial charge in [0.15, 0.2) is 5.11 Å². The van der Waals surface area contributed by atoms with Crippen molar-refractivity contribution in [1.29, 1.82) is 0 Å². The van der Waals surface area contributed by atoms with Gasteiger partial charge in [0.25, 0.3) is 0 Å². The van der Waals surface area contributed by atoms with Crippen LogP contribution in [0.4, 0.5) is 5.88 Å². The first-order valence-electron chi connectivity index (χ1n) is 7.82. The number of anilines is 1. The molecule has 1 fully saturated rings. The Hall–Kier alpha value is -1.52. The van der Waals surface area contributed by atoms with E-state index < -0.39 is 7.60 Å². The average Bonchev–Trinajstić information content (AvgIpc) is 3.01. The summed E-state index contributed by atoms with van der Waals surface area (Å²) in [5.41, 5.74) is 7.83. The molecule has 1 aromatic heterocycles. The second kappa shape index (κ2) is 9.25. The predicted molar refractivity (Wildman–Crippen MR) is 97.5 cm³/mol. The van der Waals surface area contributed by atoms with Gasteiger partial charge in [-0.3, -0.25) is 9.99 Å². The molecule has 0 amide bonds. The van der Waals surface area contributed by atoms with E-state index in [-0.39, 0.29) is 29.7 Å². The minimum Gasteiger partial charge on any atom is -0.418 e. The molecule has 2 rings (SSSR count). The summed E-state index contributed by atoms with van der Waals surface area (Å²) in [5.74, 6) is 0.449. The van der Waals surface area contributed by atoms with Gasteiger partial charge in [-0.05, 0) is 26.1 Å². The summed E-state index contributed by atoms with van der Waals surface area (Å²) in [6, 6.07) is 0. The van der Waals surface area contributed by atoms with Crippen LogP contribution < -0.4 is 21.5 Å². The summed E-state index contributed by atoms with van der Waals surface area (Å²) in [5, 5.41) is 3.81. The summed E-state index contributed by atoms with van der Waals surface area (Å²) in [4.78, 5) is 6.14. The van der Waals surface area contributed by atoms with Crippen molar-refractivity contribution in [3.63, 3.8) is 0 Å². The maximum Gasteiger partial charge on any atom is 0.385 e. The summed E-state index contributed by atoms with van der Waals surface area (Å²) in [6.07, 6.45) is 1.29. The zero-order chi connectivity index (χ0) is 18.3. The minimum atomic E-state index is -3.63. The van der Waals surface area contributed by atoms with Gasteiger partial charge in [0, 0.05) is 13.1 Å².